The zero-order chi connectivity index (χ0) is 17.9. The molecule has 0 bridgehead atoms. The van der Waals surface area contributed by atoms with E-state index >= 15 is 0 Å². The van der Waals surface area contributed by atoms with Crippen molar-refractivity contribution in [2.75, 3.05) is 0 Å². The monoisotopic (exact) mass is 347 g/mol. The van der Waals surface area contributed by atoms with E-state index in [4.69, 9.17) is 0 Å². The number of para-hydroxylation sites is 1. The number of hydrogen-bond donors (Lipinski definition) is 3. The number of aromatic amines is 2. The Hall–Kier alpha value is -3.74. The van der Waals surface area contributed by atoms with Crippen LogP contribution in [0.15, 0.2) is 65.9 Å². The number of rotatable bonds is 4. The zero-order valence-electron chi connectivity index (χ0n) is 13.5. The van der Waals surface area contributed by atoms with E-state index in [9.17, 15) is 9.18 Å². The van der Waals surface area contributed by atoms with Gasteiger partial charge in [-0.15, -0.1) is 0 Å². The van der Waals surface area contributed by atoms with Crippen molar-refractivity contribution in [2.45, 2.75) is 0 Å². The van der Waals surface area contributed by atoms with Crippen LogP contribution in [0.3, 0.4) is 0 Å². The molecule has 2 aromatic carbocycles. The highest BCUT2D eigenvalue weighted by Gasteiger charge is 2.10. The number of fused-ring (bicyclic) bond motifs is 1. The second-order valence-corrected chi connectivity index (χ2v) is 5.66. The second kappa shape index (κ2) is 6.64. The SMILES string of the molecule is O=C(N/N=C\c1c[nH]c2ccccc12)c1cc(-c2ccc(F)cc2)n[nH]1. The van der Waals surface area contributed by atoms with E-state index in [1.165, 1.54) is 12.1 Å². The topological polar surface area (TPSA) is 85.9 Å². The minimum Gasteiger partial charge on any atom is -0.361 e. The van der Waals surface area contributed by atoms with Gasteiger partial charge in [0.2, 0.25) is 0 Å². The molecule has 7 heteroatoms. The maximum atomic E-state index is 13.0. The maximum absolute atomic E-state index is 13.0. The number of hydrogen-bond acceptors (Lipinski definition) is 3. The lowest BCUT2D eigenvalue weighted by Gasteiger charge is -1.96. The summed E-state index contributed by atoms with van der Waals surface area (Å²) in [7, 11) is 0. The van der Waals surface area contributed by atoms with Crippen molar-refractivity contribution in [2.24, 2.45) is 5.10 Å². The highest BCUT2D eigenvalue weighted by atomic mass is 19.1. The van der Waals surface area contributed by atoms with Crippen molar-refractivity contribution < 1.29 is 9.18 Å². The van der Waals surface area contributed by atoms with Crippen LogP contribution >= 0.6 is 0 Å². The van der Waals surface area contributed by atoms with Gasteiger partial charge in [0.15, 0.2) is 0 Å². The fourth-order valence-electron chi connectivity index (χ4n) is 2.63. The molecule has 0 atom stereocenters. The van der Waals surface area contributed by atoms with E-state index in [0.717, 1.165) is 16.5 Å². The lowest BCUT2D eigenvalue weighted by Crippen LogP contribution is -2.17. The molecule has 0 aliphatic carbocycles. The number of H-pyrrole nitrogens is 2. The van der Waals surface area contributed by atoms with Crippen LogP contribution in [-0.2, 0) is 0 Å². The van der Waals surface area contributed by atoms with Crippen molar-refractivity contribution in [1.29, 1.82) is 0 Å². The molecule has 6 nitrogen and oxygen atoms in total. The molecule has 0 radical (unpaired) electrons. The van der Waals surface area contributed by atoms with Crippen LogP contribution in [0, 0.1) is 5.82 Å². The molecule has 26 heavy (non-hydrogen) atoms. The fraction of sp³-hybridized carbons (Fsp3) is 0. The summed E-state index contributed by atoms with van der Waals surface area (Å²) in [6.07, 6.45) is 3.40. The molecule has 128 valence electrons. The van der Waals surface area contributed by atoms with Crippen LogP contribution in [0.4, 0.5) is 4.39 Å². The number of halogens is 1. The van der Waals surface area contributed by atoms with E-state index in [1.807, 2.05) is 30.5 Å². The normalized spacial score (nSPS) is 11.3. The fourth-order valence-corrected chi connectivity index (χ4v) is 2.63. The van der Waals surface area contributed by atoms with E-state index in [0.29, 0.717) is 11.3 Å². The first-order valence-corrected chi connectivity index (χ1v) is 7.91. The molecule has 2 heterocycles. The first-order valence-electron chi connectivity index (χ1n) is 7.91. The number of carbonyl (C=O) groups is 1. The number of hydrazone groups is 1. The lowest BCUT2D eigenvalue weighted by atomic mass is 10.1. The molecule has 0 spiro atoms. The Labute approximate surface area is 147 Å². The standard InChI is InChI=1S/C19H14FN5O/c20-14-7-5-12(6-8-14)17-9-18(24-23-17)19(26)25-22-11-13-10-21-16-4-2-1-3-15(13)16/h1-11,21H,(H,23,24)(H,25,26)/b22-11-. The summed E-state index contributed by atoms with van der Waals surface area (Å²) in [6, 6.07) is 15.3. The van der Waals surface area contributed by atoms with Crippen molar-refractivity contribution in [3.8, 4) is 11.3 Å². The Morgan fingerprint density at radius 1 is 1.15 bits per heavy atom. The van der Waals surface area contributed by atoms with Gasteiger partial charge in [-0.2, -0.15) is 10.2 Å². The van der Waals surface area contributed by atoms with E-state index in [-0.39, 0.29) is 11.5 Å². The molecule has 0 saturated heterocycles. The summed E-state index contributed by atoms with van der Waals surface area (Å²) < 4.78 is 13.0. The molecule has 4 aromatic rings. The third kappa shape index (κ3) is 3.10. The molecule has 0 saturated carbocycles. The summed E-state index contributed by atoms with van der Waals surface area (Å²) in [6.45, 7) is 0. The molecular formula is C19H14FN5O. The number of benzene rings is 2. The van der Waals surface area contributed by atoms with Crippen molar-refractivity contribution in [1.82, 2.24) is 20.6 Å². The van der Waals surface area contributed by atoms with Gasteiger partial charge in [-0.3, -0.25) is 9.89 Å². The Kier molecular flexibility index (Phi) is 4.03. The second-order valence-electron chi connectivity index (χ2n) is 5.66. The van der Waals surface area contributed by atoms with Gasteiger partial charge in [-0.25, -0.2) is 9.82 Å². The van der Waals surface area contributed by atoms with Gasteiger partial charge in [0.25, 0.3) is 5.91 Å². The number of aromatic nitrogens is 3. The molecule has 4 rings (SSSR count). The molecule has 1 amide bonds. The van der Waals surface area contributed by atoms with Gasteiger partial charge in [-0.1, -0.05) is 18.2 Å². The average molecular weight is 347 g/mol. The Morgan fingerprint density at radius 3 is 2.81 bits per heavy atom. The Bertz CT molecular complexity index is 1090. The van der Waals surface area contributed by atoms with Gasteiger partial charge in [0, 0.05) is 28.2 Å². The van der Waals surface area contributed by atoms with Crippen LogP contribution in [0.1, 0.15) is 16.1 Å². The predicted molar refractivity (Wildman–Crippen MR) is 97.3 cm³/mol. The van der Waals surface area contributed by atoms with Crippen LogP contribution in [0.25, 0.3) is 22.2 Å². The van der Waals surface area contributed by atoms with Gasteiger partial charge >= 0.3 is 0 Å². The van der Waals surface area contributed by atoms with E-state index in [1.54, 1.807) is 24.4 Å². The van der Waals surface area contributed by atoms with Crippen molar-refractivity contribution in [3.05, 3.63) is 77.9 Å². The third-order valence-corrected chi connectivity index (χ3v) is 3.95. The summed E-state index contributed by atoms with van der Waals surface area (Å²) in [4.78, 5) is 15.3. The predicted octanol–water partition coefficient (Wildman–Crippen LogP) is 3.46. The van der Waals surface area contributed by atoms with Crippen molar-refractivity contribution >= 4 is 23.0 Å². The smallest absolute Gasteiger partial charge is 0.289 e. The van der Waals surface area contributed by atoms with Crippen LogP contribution < -0.4 is 5.43 Å². The third-order valence-electron chi connectivity index (χ3n) is 3.95. The Morgan fingerprint density at radius 2 is 1.96 bits per heavy atom. The van der Waals surface area contributed by atoms with E-state index < -0.39 is 5.91 Å². The average Bonchev–Trinajstić information content (AvgIpc) is 3.30. The van der Waals surface area contributed by atoms with Crippen LogP contribution in [0.5, 0.6) is 0 Å². The van der Waals surface area contributed by atoms with Crippen molar-refractivity contribution in [3.63, 3.8) is 0 Å². The highest BCUT2D eigenvalue weighted by Crippen LogP contribution is 2.18. The lowest BCUT2D eigenvalue weighted by molar-refractivity contribution is 0.0950. The number of nitrogens with zero attached hydrogens (tertiary/aromatic N) is 2. The quantitative estimate of drug-likeness (QED) is 0.390. The number of amides is 1. The van der Waals surface area contributed by atoms with Crippen LogP contribution in [0.2, 0.25) is 0 Å². The Balaban J connectivity index is 1.46. The van der Waals surface area contributed by atoms with E-state index in [2.05, 4.69) is 25.7 Å². The molecule has 3 N–H and O–H groups in total. The van der Waals surface area contributed by atoms with Gasteiger partial charge in [0.1, 0.15) is 11.5 Å². The van der Waals surface area contributed by atoms with Gasteiger partial charge < -0.3 is 4.98 Å². The maximum Gasteiger partial charge on any atom is 0.289 e. The highest BCUT2D eigenvalue weighted by molar-refractivity contribution is 6.00. The first-order chi connectivity index (χ1) is 12.7. The largest absolute Gasteiger partial charge is 0.361 e. The molecular weight excluding hydrogens is 333 g/mol. The molecule has 0 unspecified atom stereocenters. The zero-order valence-corrected chi connectivity index (χ0v) is 13.5. The molecule has 0 aliphatic rings. The van der Waals surface area contributed by atoms with Gasteiger partial charge in [-0.05, 0) is 36.4 Å². The summed E-state index contributed by atoms with van der Waals surface area (Å²) in [5.74, 6) is -0.740. The molecule has 0 fully saturated rings. The number of carbonyl (C=O) groups excluding carboxylic acids is 1. The first kappa shape index (κ1) is 15.8. The molecule has 0 aliphatic heterocycles. The number of nitrogens with one attached hydrogen (secondary N) is 3. The summed E-state index contributed by atoms with van der Waals surface area (Å²) in [5, 5.41) is 11.7. The van der Waals surface area contributed by atoms with Gasteiger partial charge in [0.05, 0.1) is 11.9 Å². The summed E-state index contributed by atoms with van der Waals surface area (Å²) in [5.41, 5.74) is 5.86. The minimum absolute atomic E-state index is 0.264. The minimum atomic E-state index is -0.415. The summed E-state index contributed by atoms with van der Waals surface area (Å²) >= 11 is 0. The van der Waals surface area contributed by atoms with Crippen LogP contribution in [-0.4, -0.2) is 27.3 Å². The molecule has 2 aromatic heterocycles.